The molecule has 17 heavy (non-hydrogen) atoms. The minimum absolute atomic E-state index is 0.0734. The molecule has 2 aliphatic rings. The van der Waals surface area contributed by atoms with E-state index in [0.717, 1.165) is 0 Å². The minimum Gasteiger partial charge on any atom is -0.359 e. The van der Waals surface area contributed by atoms with E-state index in [0.29, 0.717) is 6.61 Å². The summed E-state index contributed by atoms with van der Waals surface area (Å²) in [5.41, 5.74) is 0. The Kier molecular flexibility index (Phi) is 4.72. The molecule has 2 fully saturated rings. The van der Waals surface area contributed by atoms with Crippen LogP contribution in [0.25, 0.3) is 0 Å². The maximum Gasteiger partial charge on any atom is 0.186 e. The van der Waals surface area contributed by atoms with Gasteiger partial charge in [-0.3, -0.25) is 0 Å². The largest absolute Gasteiger partial charge is 0.359 e. The van der Waals surface area contributed by atoms with E-state index in [1.54, 1.807) is 14.2 Å². The van der Waals surface area contributed by atoms with Gasteiger partial charge in [-0.25, -0.2) is 0 Å². The van der Waals surface area contributed by atoms with E-state index in [2.05, 4.69) is 6.92 Å². The number of hydrogen-bond acceptors (Lipinski definition) is 6. The first-order valence-corrected chi connectivity index (χ1v) is 5.76. The van der Waals surface area contributed by atoms with E-state index < -0.39 is 0 Å². The molecule has 2 aliphatic heterocycles. The highest BCUT2D eigenvalue weighted by Crippen LogP contribution is 2.35. The second-order valence-electron chi connectivity index (χ2n) is 4.31. The van der Waals surface area contributed by atoms with Gasteiger partial charge in [-0.05, 0) is 0 Å². The molecule has 2 saturated heterocycles. The minimum atomic E-state index is -0.367. The predicted octanol–water partition coefficient (Wildman–Crippen LogP) is 0.356. The van der Waals surface area contributed by atoms with Crippen LogP contribution in [0.3, 0.4) is 0 Å². The molecule has 2 heterocycles. The van der Waals surface area contributed by atoms with Gasteiger partial charge in [-0.1, -0.05) is 6.92 Å². The van der Waals surface area contributed by atoms with E-state index in [1.165, 1.54) is 0 Å². The second-order valence-corrected chi connectivity index (χ2v) is 4.31. The third kappa shape index (κ3) is 2.78. The molecule has 0 aromatic heterocycles. The third-order valence-electron chi connectivity index (χ3n) is 3.19. The Labute approximate surface area is 101 Å². The number of fused-ring (bicyclic) bond motifs is 2. The van der Waals surface area contributed by atoms with Crippen LogP contribution in [0, 0.1) is 5.92 Å². The summed E-state index contributed by atoms with van der Waals surface area (Å²) in [6, 6.07) is 0. The lowest BCUT2D eigenvalue weighted by Crippen LogP contribution is -2.52. The molecule has 0 amide bonds. The average molecular weight is 248 g/mol. The summed E-state index contributed by atoms with van der Waals surface area (Å²) in [5, 5.41) is 0. The normalized spacial score (nSPS) is 40.8. The molecule has 0 aliphatic carbocycles. The maximum atomic E-state index is 5.71. The summed E-state index contributed by atoms with van der Waals surface area (Å²) < 4.78 is 32.4. The molecule has 2 rings (SSSR count). The van der Waals surface area contributed by atoms with Crippen LogP contribution in [0.5, 0.6) is 0 Å². The van der Waals surface area contributed by atoms with Gasteiger partial charge in [0.2, 0.25) is 0 Å². The number of methoxy groups -OCH3 is 2. The van der Waals surface area contributed by atoms with Gasteiger partial charge in [0.15, 0.2) is 6.29 Å². The molecule has 0 spiro atoms. The van der Waals surface area contributed by atoms with Crippen LogP contribution >= 0.6 is 0 Å². The quantitative estimate of drug-likeness (QED) is 0.632. The van der Waals surface area contributed by atoms with Crippen LogP contribution in [0.1, 0.15) is 6.92 Å². The van der Waals surface area contributed by atoms with Crippen molar-refractivity contribution in [3.8, 4) is 0 Å². The van der Waals surface area contributed by atoms with Crippen LogP contribution in [0.4, 0.5) is 0 Å². The Morgan fingerprint density at radius 3 is 2.35 bits per heavy atom. The zero-order valence-electron chi connectivity index (χ0n) is 10.5. The SMILES string of the molecule is COCO[C@H]1[C@H](C)[C@H]2COC(O2)[C@@H]1OCOC. The fourth-order valence-electron chi connectivity index (χ4n) is 2.27. The summed E-state index contributed by atoms with van der Waals surface area (Å²) in [4.78, 5) is 0. The number of ether oxygens (including phenoxy) is 6. The molecule has 5 atom stereocenters. The van der Waals surface area contributed by atoms with Crippen molar-refractivity contribution < 1.29 is 28.4 Å². The lowest BCUT2D eigenvalue weighted by Gasteiger charge is -2.38. The molecule has 0 radical (unpaired) electrons. The van der Waals surface area contributed by atoms with Crippen LogP contribution in [0.15, 0.2) is 0 Å². The van der Waals surface area contributed by atoms with Gasteiger partial charge in [-0.15, -0.1) is 0 Å². The van der Waals surface area contributed by atoms with Crippen molar-refractivity contribution >= 4 is 0 Å². The second kappa shape index (κ2) is 6.08. The van der Waals surface area contributed by atoms with E-state index in [9.17, 15) is 0 Å². The van der Waals surface area contributed by atoms with Gasteiger partial charge in [0.05, 0.1) is 18.8 Å². The van der Waals surface area contributed by atoms with Crippen molar-refractivity contribution in [1.29, 1.82) is 0 Å². The summed E-state index contributed by atoms with van der Waals surface area (Å²) in [6.45, 7) is 3.09. The molecular weight excluding hydrogens is 228 g/mol. The first-order chi connectivity index (χ1) is 8.27. The highest BCUT2D eigenvalue weighted by molar-refractivity contribution is 4.92. The highest BCUT2D eigenvalue weighted by atomic mass is 16.8. The number of rotatable bonds is 6. The monoisotopic (exact) mass is 248 g/mol. The molecular formula is C11H20O6. The molecule has 6 heteroatoms. The van der Waals surface area contributed by atoms with Crippen molar-refractivity contribution in [2.24, 2.45) is 5.92 Å². The smallest absolute Gasteiger partial charge is 0.186 e. The van der Waals surface area contributed by atoms with Crippen LogP contribution < -0.4 is 0 Å². The summed E-state index contributed by atoms with van der Waals surface area (Å²) in [5.74, 6) is 0.200. The van der Waals surface area contributed by atoms with E-state index in [-0.39, 0.29) is 44.1 Å². The van der Waals surface area contributed by atoms with E-state index >= 15 is 0 Å². The Hall–Kier alpha value is -0.240. The van der Waals surface area contributed by atoms with E-state index in [1.807, 2.05) is 0 Å². The maximum absolute atomic E-state index is 5.71. The van der Waals surface area contributed by atoms with Crippen molar-refractivity contribution in [2.45, 2.75) is 31.5 Å². The molecule has 100 valence electrons. The number of hydrogen-bond donors (Lipinski definition) is 0. The molecule has 2 bridgehead atoms. The van der Waals surface area contributed by atoms with Crippen molar-refractivity contribution in [2.75, 3.05) is 34.4 Å². The van der Waals surface area contributed by atoms with Crippen molar-refractivity contribution in [3.05, 3.63) is 0 Å². The van der Waals surface area contributed by atoms with Crippen LogP contribution in [-0.4, -0.2) is 59.0 Å². The zero-order chi connectivity index (χ0) is 12.3. The Morgan fingerprint density at radius 2 is 1.71 bits per heavy atom. The lowest BCUT2D eigenvalue weighted by atomic mass is 9.92. The van der Waals surface area contributed by atoms with Crippen LogP contribution in [0.2, 0.25) is 0 Å². The summed E-state index contributed by atoms with van der Waals surface area (Å²) in [6.07, 6.45) is -0.673. The highest BCUT2D eigenvalue weighted by Gasteiger charge is 2.50. The molecule has 0 aromatic rings. The molecule has 1 unspecified atom stereocenters. The first kappa shape index (κ1) is 13.2. The van der Waals surface area contributed by atoms with Crippen LogP contribution in [-0.2, 0) is 28.4 Å². The Bertz CT molecular complexity index is 228. The Morgan fingerprint density at radius 1 is 1.06 bits per heavy atom. The fourth-order valence-corrected chi connectivity index (χ4v) is 2.27. The first-order valence-electron chi connectivity index (χ1n) is 5.76. The van der Waals surface area contributed by atoms with Gasteiger partial charge in [0, 0.05) is 20.1 Å². The predicted molar refractivity (Wildman–Crippen MR) is 57.3 cm³/mol. The van der Waals surface area contributed by atoms with Gasteiger partial charge < -0.3 is 28.4 Å². The fraction of sp³-hybridized carbons (Fsp3) is 1.00. The van der Waals surface area contributed by atoms with Crippen molar-refractivity contribution in [1.82, 2.24) is 0 Å². The van der Waals surface area contributed by atoms with Gasteiger partial charge in [-0.2, -0.15) is 0 Å². The molecule has 0 aromatic carbocycles. The molecule has 0 N–H and O–H groups in total. The van der Waals surface area contributed by atoms with Gasteiger partial charge in [0.25, 0.3) is 0 Å². The molecule has 6 nitrogen and oxygen atoms in total. The van der Waals surface area contributed by atoms with Gasteiger partial charge >= 0.3 is 0 Å². The molecule has 0 saturated carbocycles. The van der Waals surface area contributed by atoms with E-state index in [4.69, 9.17) is 28.4 Å². The Balaban J connectivity index is 2.00. The average Bonchev–Trinajstić information content (AvgIpc) is 2.77. The summed E-state index contributed by atoms with van der Waals surface area (Å²) in [7, 11) is 3.18. The van der Waals surface area contributed by atoms with Gasteiger partial charge in [0.1, 0.15) is 19.7 Å². The van der Waals surface area contributed by atoms with Crippen molar-refractivity contribution in [3.63, 3.8) is 0 Å². The topological polar surface area (TPSA) is 55.4 Å². The third-order valence-corrected chi connectivity index (χ3v) is 3.19. The zero-order valence-corrected chi connectivity index (χ0v) is 10.5. The lowest BCUT2D eigenvalue weighted by molar-refractivity contribution is -0.266. The summed E-state index contributed by atoms with van der Waals surface area (Å²) >= 11 is 0. The standard InChI is InChI=1S/C11H20O6/c1-7-8-4-14-11(17-8)10(16-6-13-3)9(7)15-5-12-2/h7-11H,4-6H2,1-3H3/t7-,8-,9+,10-,11?/m1/s1.